The van der Waals surface area contributed by atoms with Crippen LogP contribution in [0.5, 0.6) is 11.5 Å². The maximum absolute atomic E-state index is 5.60. The third kappa shape index (κ3) is 3.95. The van der Waals surface area contributed by atoms with E-state index < -0.39 is 0 Å². The average molecular weight is 286 g/mol. The lowest BCUT2D eigenvalue weighted by molar-refractivity contribution is 0.308. The Labute approximate surface area is 126 Å². The molecule has 0 saturated carbocycles. The van der Waals surface area contributed by atoms with E-state index in [1.54, 1.807) is 13.3 Å². The van der Waals surface area contributed by atoms with Crippen molar-refractivity contribution >= 4 is 0 Å². The molecule has 0 unspecified atom stereocenters. The van der Waals surface area contributed by atoms with Gasteiger partial charge in [-0.1, -0.05) is 18.2 Å². The molecule has 112 valence electrons. The second-order valence-corrected chi connectivity index (χ2v) is 4.77. The molecule has 0 amide bonds. The highest BCUT2D eigenvalue weighted by Crippen LogP contribution is 2.31. The van der Waals surface area contributed by atoms with Crippen molar-refractivity contribution in [2.45, 2.75) is 26.4 Å². The lowest BCUT2D eigenvalue weighted by atomic mass is 10.1. The van der Waals surface area contributed by atoms with E-state index in [0.717, 1.165) is 22.6 Å². The van der Waals surface area contributed by atoms with E-state index in [9.17, 15) is 0 Å². The minimum absolute atomic E-state index is 0.221. The minimum Gasteiger partial charge on any atom is -0.493 e. The first-order valence-electron chi connectivity index (χ1n) is 7.18. The summed E-state index contributed by atoms with van der Waals surface area (Å²) in [5.74, 6) is 1.58. The zero-order valence-corrected chi connectivity index (χ0v) is 12.8. The van der Waals surface area contributed by atoms with Crippen molar-refractivity contribution in [3.8, 4) is 11.5 Å². The molecular weight excluding hydrogens is 264 g/mol. The van der Waals surface area contributed by atoms with Gasteiger partial charge < -0.3 is 14.8 Å². The Morgan fingerprint density at radius 2 is 2.10 bits per heavy atom. The molecule has 0 fully saturated rings. The maximum atomic E-state index is 5.60. The van der Waals surface area contributed by atoms with Gasteiger partial charge in [-0.05, 0) is 31.5 Å². The van der Waals surface area contributed by atoms with Crippen LogP contribution in [0.3, 0.4) is 0 Å². The first-order valence-corrected chi connectivity index (χ1v) is 7.18. The Balaban J connectivity index is 2.07. The van der Waals surface area contributed by atoms with Crippen LogP contribution in [0.1, 0.15) is 31.0 Å². The zero-order chi connectivity index (χ0) is 15.1. The van der Waals surface area contributed by atoms with Gasteiger partial charge in [-0.25, -0.2) is 0 Å². The molecule has 0 bridgehead atoms. The second kappa shape index (κ2) is 7.64. The standard InChI is InChI=1S/C17H22N2O2/c1-4-21-16-9-5-7-15(17(16)20-3)12-19-13(2)14-8-6-10-18-11-14/h5-11,13,19H,4,12H2,1-3H3/t13-/m0/s1. The van der Waals surface area contributed by atoms with Gasteiger partial charge in [-0.3, -0.25) is 4.98 Å². The van der Waals surface area contributed by atoms with Crippen LogP contribution in [-0.4, -0.2) is 18.7 Å². The van der Waals surface area contributed by atoms with Crippen LogP contribution in [0, 0.1) is 0 Å². The van der Waals surface area contributed by atoms with Crippen LogP contribution in [0.4, 0.5) is 0 Å². The first-order chi connectivity index (χ1) is 10.3. The summed E-state index contributed by atoms with van der Waals surface area (Å²) in [7, 11) is 1.67. The molecule has 0 aliphatic carbocycles. The number of para-hydroxylation sites is 1. The highest BCUT2D eigenvalue weighted by molar-refractivity contribution is 5.46. The summed E-state index contributed by atoms with van der Waals surface area (Å²) in [6.45, 7) is 5.42. The highest BCUT2D eigenvalue weighted by atomic mass is 16.5. The lowest BCUT2D eigenvalue weighted by Gasteiger charge is -2.17. The molecule has 1 atom stereocenters. The molecule has 1 heterocycles. The summed E-state index contributed by atoms with van der Waals surface area (Å²) in [4.78, 5) is 4.15. The van der Waals surface area contributed by atoms with E-state index in [0.29, 0.717) is 13.2 Å². The predicted molar refractivity (Wildman–Crippen MR) is 83.7 cm³/mol. The molecule has 1 aromatic heterocycles. The maximum Gasteiger partial charge on any atom is 0.165 e. The number of hydrogen-bond donors (Lipinski definition) is 1. The van der Waals surface area contributed by atoms with Crippen LogP contribution in [0.25, 0.3) is 0 Å². The molecule has 2 rings (SSSR count). The van der Waals surface area contributed by atoms with Crippen LogP contribution < -0.4 is 14.8 Å². The summed E-state index contributed by atoms with van der Waals surface area (Å²) in [6, 6.07) is 10.2. The van der Waals surface area contributed by atoms with E-state index in [4.69, 9.17) is 9.47 Å². The predicted octanol–water partition coefficient (Wildman–Crippen LogP) is 3.34. The van der Waals surface area contributed by atoms with Gasteiger partial charge in [-0.15, -0.1) is 0 Å². The summed E-state index contributed by atoms with van der Waals surface area (Å²) < 4.78 is 11.1. The van der Waals surface area contributed by atoms with E-state index in [1.807, 2.05) is 37.4 Å². The monoisotopic (exact) mass is 286 g/mol. The van der Waals surface area contributed by atoms with E-state index in [-0.39, 0.29) is 6.04 Å². The van der Waals surface area contributed by atoms with Crippen molar-refractivity contribution in [1.82, 2.24) is 10.3 Å². The van der Waals surface area contributed by atoms with Crippen molar-refractivity contribution in [2.24, 2.45) is 0 Å². The Kier molecular flexibility index (Phi) is 5.58. The molecule has 4 heteroatoms. The van der Waals surface area contributed by atoms with Gasteiger partial charge in [0.15, 0.2) is 11.5 Å². The largest absolute Gasteiger partial charge is 0.493 e. The number of nitrogens with one attached hydrogen (secondary N) is 1. The van der Waals surface area contributed by atoms with Crippen molar-refractivity contribution < 1.29 is 9.47 Å². The molecule has 1 N–H and O–H groups in total. The van der Waals surface area contributed by atoms with Crippen molar-refractivity contribution in [1.29, 1.82) is 0 Å². The van der Waals surface area contributed by atoms with E-state index >= 15 is 0 Å². The number of ether oxygens (including phenoxy) is 2. The molecular formula is C17H22N2O2. The van der Waals surface area contributed by atoms with E-state index in [1.165, 1.54) is 0 Å². The third-order valence-corrected chi connectivity index (χ3v) is 3.35. The fraction of sp³-hybridized carbons (Fsp3) is 0.353. The number of hydrogen-bond acceptors (Lipinski definition) is 4. The summed E-state index contributed by atoms with van der Waals surface area (Å²) in [5.41, 5.74) is 2.25. The molecule has 2 aromatic rings. The van der Waals surface area contributed by atoms with Crippen molar-refractivity contribution in [3.63, 3.8) is 0 Å². The van der Waals surface area contributed by atoms with Crippen LogP contribution in [-0.2, 0) is 6.54 Å². The lowest BCUT2D eigenvalue weighted by Crippen LogP contribution is -2.18. The number of aromatic nitrogens is 1. The summed E-state index contributed by atoms with van der Waals surface area (Å²) in [5, 5.41) is 3.48. The average Bonchev–Trinajstić information content (AvgIpc) is 2.54. The van der Waals surface area contributed by atoms with Gasteiger partial charge in [0, 0.05) is 30.5 Å². The normalized spacial score (nSPS) is 12.0. The molecule has 0 radical (unpaired) electrons. The SMILES string of the molecule is CCOc1cccc(CN[C@@H](C)c2cccnc2)c1OC. The fourth-order valence-electron chi connectivity index (χ4n) is 2.21. The number of pyridine rings is 1. The zero-order valence-electron chi connectivity index (χ0n) is 12.8. The minimum atomic E-state index is 0.221. The second-order valence-electron chi connectivity index (χ2n) is 4.77. The smallest absolute Gasteiger partial charge is 0.165 e. The highest BCUT2D eigenvalue weighted by Gasteiger charge is 2.11. The Morgan fingerprint density at radius 3 is 2.76 bits per heavy atom. The third-order valence-electron chi connectivity index (χ3n) is 3.35. The molecule has 21 heavy (non-hydrogen) atoms. The van der Waals surface area contributed by atoms with Gasteiger partial charge >= 0.3 is 0 Å². The van der Waals surface area contributed by atoms with Gasteiger partial charge in [0.1, 0.15) is 0 Å². The molecule has 0 saturated heterocycles. The summed E-state index contributed by atoms with van der Waals surface area (Å²) in [6.07, 6.45) is 3.66. The molecule has 4 nitrogen and oxygen atoms in total. The Morgan fingerprint density at radius 1 is 1.24 bits per heavy atom. The van der Waals surface area contributed by atoms with Gasteiger partial charge in [0.05, 0.1) is 13.7 Å². The van der Waals surface area contributed by atoms with Gasteiger partial charge in [0.25, 0.3) is 0 Å². The number of methoxy groups -OCH3 is 1. The van der Waals surface area contributed by atoms with Gasteiger partial charge in [0.2, 0.25) is 0 Å². The summed E-state index contributed by atoms with van der Waals surface area (Å²) >= 11 is 0. The quantitative estimate of drug-likeness (QED) is 0.847. The Hall–Kier alpha value is -2.07. The molecule has 0 aliphatic rings. The Bertz CT molecular complexity index is 558. The fourth-order valence-corrected chi connectivity index (χ4v) is 2.21. The number of nitrogens with zero attached hydrogens (tertiary/aromatic N) is 1. The molecule has 0 spiro atoms. The molecule has 1 aromatic carbocycles. The topological polar surface area (TPSA) is 43.4 Å². The van der Waals surface area contributed by atoms with Crippen molar-refractivity contribution in [3.05, 3.63) is 53.9 Å². The van der Waals surface area contributed by atoms with Crippen molar-refractivity contribution in [2.75, 3.05) is 13.7 Å². The number of rotatable bonds is 7. The van der Waals surface area contributed by atoms with Crippen LogP contribution in [0.2, 0.25) is 0 Å². The van der Waals surface area contributed by atoms with Crippen LogP contribution >= 0.6 is 0 Å². The van der Waals surface area contributed by atoms with E-state index in [2.05, 4.69) is 23.3 Å². The van der Waals surface area contributed by atoms with Crippen LogP contribution in [0.15, 0.2) is 42.7 Å². The van der Waals surface area contributed by atoms with Gasteiger partial charge in [-0.2, -0.15) is 0 Å². The molecule has 0 aliphatic heterocycles. The number of benzene rings is 1. The first kappa shape index (κ1) is 15.3.